The summed E-state index contributed by atoms with van der Waals surface area (Å²) >= 11 is 0. The SMILES string of the molecule is C=C(/N=C1\C(=C/N)N=C(Nc2ccccc2F)N1C(C)C)NCCN1CCOCC1. The zero-order valence-electron chi connectivity index (χ0n) is 17.6. The van der Waals surface area contributed by atoms with Crippen molar-refractivity contribution >= 4 is 17.5 Å². The quantitative estimate of drug-likeness (QED) is 0.630. The highest BCUT2D eigenvalue weighted by Gasteiger charge is 2.31. The van der Waals surface area contributed by atoms with Crippen molar-refractivity contribution in [2.24, 2.45) is 15.7 Å². The number of hydrogen-bond donors (Lipinski definition) is 3. The number of nitrogens with one attached hydrogen (secondary N) is 2. The molecule has 9 heteroatoms. The van der Waals surface area contributed by atoms with Crippen molar-refractivity contribution in [3.8, 4) is 0 Å². The zero-order valence-corrected chi connectivity index (χ0v) is 17.6. The van der Waals surface area contributed by atoms with Crippen LogP contribution in [0, 0.1) is 5.82 Å². The Kier molecular flexibility index (Phi) is 7.42. The monoisotopic (exact) mass is 415 g/mol. The van der Waals surface area contributed by atoms with Gasteiger partial charge < -0.3 is 21.1 Å². The van der Waals surface area contributed by atoms with E-state index in [1.807, 2.05) is 18.7 Å². The first-order chi connectivity index (χ1) is 14.5. The van der Waals surface area contributed by atoms with Gasteiger partial charge in [-0.3, -0.25) is 9.80 Å². The van der Waals surface area contributed by atoms with Crippen LogP contribution in [0.2, 0.25) is 0 Å². The average molecular weight is 416 g/mol. The molecule has 4 N–H and O–H groups in total. The van der Waals surface area contributed by atoms with Gasteiger partial charge in [0, 0.05) is 38.4 Å². The minimum atomic E-state index is -0.359. The largest absolute Gasteiger partial charge is 0.403 e. The fraction of sp³-hybridized carbons (Fsp3) is 0.429. The van der Waals surface area contributed by atoms with Crippen LogP contribution >= 0.6 is 0 Å². The number of halogens is 1. The number of anilines is 1. The highest BCUT2D eigenvalue weighted by molar-refractivity contribution is 6.18. The van der Waals surface area contributed by atoms with Gasteiger partial charge in [-0.05, 0) is 26.0 Å². The summed E-state index contributed by atoms with van der Waals surface area (Å²) in [5.41, 5.74) is 6.63. The fourth-order valence-electron chi connectivity index (χ4n) is 3.28. The Morgan fingerprint density at radius 3 is 2.77 bits per heavy atom. The summed E-state index contributed by atoms with van der Waals surface area (Å²) in [5, 5.41) is 6.29. The van der Waals surface area contributed by atoms with Gasteiger partial charge in [0.1, 0.15) is 17.3 Å². The van der Waals surface area contributed by atoms with Gasteiger partial charge in [-0.25, -0.2) is 14.4 Å². The van der Waals surface area contributed by atoms with Gasteiger partial charge in [0.25, 0.3) is 0 Å². The van der Waals surface area contributed by atoms with Crippen molar-refractivity contribution in [3.63, 3.8) is 0 Å². The number of benzene rings is 1. The van der Waals surface area contributed by atoms with Crippen molar-refractivity contribution < 1.29 is 9.13 Å². The predicted octanol–water partition coefficient (Wildman–Crippen LogP) is 1.91. The summed E-state index contributed by atoms with van der Waals surface area (Å²) in [6.45, 7) is 13.0. The van der Waals surface area contributed by atoms with Crippen molar-refractivity contribution in [2.75, 3.05) is 44.7 Å². The third-order valence-corrected chi connectivity index (χ3v) is 4.81. The molecule has 2 aliphatic heterocycles. The second-order valence-electron chi connectivity index (χ2n) is 7.32. The molecule has 1 aromatic rings. The van der Waals surface area contributed by atoms with Crippen LogP contribution in [-0.4, -0.2) is 67.0 Å². The summed E-state index contributed by atoms with van der Waals surface area (Å²) in [6, 6.07) is 6.47. The number of guanidine groups is 1. The molecule has 1 fully saturated rings. The van der Waals surface area contributed by atoms with Crippen LogP contribution in [-0.2, 0) is 4.74 Å². The molecule has 3 rings (SSSR count). The summed E-state index contributed by atoms with van der Waals surface area (Å²) < 4.78 is 19.5. The second kappa shape index (κ2) is 10.2. The molecule has 0 bridgehead atoms. The summed E-state index contributed by atoms with van der Waals surface area (Å²) in [5.74, 6) is 1.19. The van der Waals surface area contributed by atoms with E-state index < -0.39 is 0 Å². The third-order valence-electron chi connectivity index (χ3n) is 4.81. The number of nitrogens with zero attached hydrogens (tertiary/aromatic N) is 4. The fourth-order valence-corrected chi connectivity index (χ4v) is 3.28. The number of rotatable bonds is 7. The van der Waals surface area contributed by atoms with Gasteiger partial charge in [-0.15, -0.1) is 0 Å². The lowest BCUT2D eigenvalue weighted by atomic mass is 10.3. The lowest BCUT2D eigenvalue weighted by Crippen LogP contribution is -2.42. The number of aliphatic imine (C=N–C) groups is 2. The van der Waals surface area contributed by atoms with E-state index in [1.54, 1.807) is 18.2 Å². The van der Waals surface area contributed by atoms with Crippen molar-refractivity contribution in [2.45, 2.75) is 19.9 Å². The number of para-hydroxylation sites is 1. The summed E-state index contributed by atoms with van der Waals surface area (Å²) in [6.07, 6.45) is 1.39. The first-order valence-corrected chi connectivity index (χ1v) is 10.1. The number of ether oxygens (including phenoxy) is 1. The minimum absolute atomic E-state index is 0.0142. The molecule has 0 amide bonds. The molecule has 1 saturated heterocycles. The average Bonchev–Trinajstić information content (AvgIpc) is 3.07. The number of amidine groups is 1. The van der Waals surface area contributed by atoms with E-state index in [0.29, 0.717) is 29.0 Å². The topological polar surface area (TPSA) is 90.5 Å². The van der Waals surface area contributed by atoms with E-state index in [2.05, 4.69) is 32.1 Å². The predicted molar refractivity (Wildman–Crippen MR) is 119 cm³/mol. The molecule has 0 unspecified atom stereocenters. The molecule has 30 heavy (non-hydrogen) atoms. The number of nitrogens with two attached hydrogens (primary N) is 1. The van der Waals surface area contributed by atoms with Crippen LogP contribution < -0.4 is 16.4 Å². The molecule has 0 aromatic heterocycles. The van der Waals surface area contributed by atoms with Crippen LogP contribution in [0.3, 0.4) is 0 Å². The maximum Gasteiger partial charge on any atom is 0.210 e. The maximum atomic E-state index is 14.1. The lowest BCUT2D eigenvalue weighted by molar-refractivity contribution is 0.0387. The van der Waals surface area contributed by atoms with Crippen LogP contribution in [0.25, 0.3) is 0 Å². The van der Waals surface area contributed by atoms with Gasteiger partial charge in [-0.2, -0.15) is 0 Å². The van der Waals surface area contributed by atoms with Crippen molar-refractivity contribution in [1.82, 2.24) is 15.1 Å². The number of hydrogen-bond acceptors (Lipinski definition) is 7. The van der Waals surface area contributed by atoms with Crippen LogP contribution in [0.5, 0.6) is 0 Å². The molecule has 1 aromatic carbocycles. The first-order valence-electron chi connectivity index (χ1n) is 10.1. The number of morpholine rings is 1. The molecule has 0 radical (unpaired) electrons. The molecule has 162 valence electrons. The normalized spacial score (nSPS) is 20.1. The summed E-state index contributed by atoms with van der Waals surface area (Å²) in [4.78, 5) is 13.3. The highest BCUT2D eigenvalue weighted by atomic mass is 19.1. The van der Waals surface area contributed by atoms with Crippen molar-refractivity contribution in [3.05, 3.63) is 54.4 Å². The van der Waals surface area contributed by atoms with E-state index in [0.717, 1.165) is 39.4 Å². The molecule has 8 nitrogen and oxygen atoms in total. The van der Waals surface area contributed by atoms with Gasteiger partial charge >= 0.3 is 0 Å². The van der Waals surface area contributed by atoms with Gasteiger partial charge in [0.2, 0.25) is 5.96 Å². The first kappa shape index (κ1) is 21.8. The minimum Gasteiger partial charge on any atom is -0.403 e. The van der Waals surface area contributed by atoms with E-state index in [9.17, 15) is 4.39 Å². The molecule has 0 aliphatic carbocycles. The molecule has 2 heterocycles. The molecule has 0 spiro atoms. The molecule has 0 saturated carbocycles. The van der Waals surface area contributed by atoms with E-state index in [-0.39, 0.29) is 11.9 Å². The van der Waals surface area contributed by atoms with Gasteiger partial charge in [0.05, 0.1) is 18.9 Å². The third kappa shape index (κ3) is 5.37. The Labute approximate surface area is 177 Å². The Hall–Kier alpha value is -2.91. The smallest absolute Gasteiger partial charge is 0.210 e. The molecular formula is C21H30FN7O. The Morgan fingerprint density at radius 2 is 2.10 bits per heavy atom. The van der Waals surface area contributed by atoms with Gasteiger partial charge in [0.15, 0.2) is 5.84 Å². The van der Waals surface area contributed by atoms with E-state index in [1.165, 1.54) is 12.3 Å². The Bertz CT molecular complexity index is 844. The molecule has 0 atom stereocenters. The zero-order chi connectivity index (χ0) is 21.5. The van der Waals surface area contributed by atoms with E-state index in [4.69, 9.17) is 10.5 Å². The molecule has 2 aliphatic rings. The second-order valence-corrected chi connectivity index (χ2v) is 7.32. The van der Waals surface area contributed by atoms with Crippen LogP contribution in [0.1, 0.15) is 13.8 Å². The van der Waals surface area contributed by atoms with Crippen LogP contribution in [0.15, 0.2) is 58.5 Å². The lowest BCUT2D eigenvalue weighted by Gasteiger charge is -2.27. The van der Waals surface area contributed by atoms with E-state index >= 15 is 0 Å². The Morgan fingerprint density at radius 1 is 1.37 bits per heavy atom. The maximum absolute atomic E-state index is 14.1. The summed E-state index contributed by atoms with van der Waals surface area (Å²) in [7, 11) is 0. The standard InChI is InChI=1S/C21H30FN7O/c1-15(2)29-20(25-16(3)24-8-9-28-10-12-30-13-11-28)19(14-23)27-21(29)26-18-7-5-4-6-17(18)22/h4-7,14-15,24H,3,8-13,23H2,1-2H3,(H,26,27)/b19-14+,25-20+. The molecular weight excluding hydrogens is 385 g/mol. The Balaban J connectivity index is 1.69. The highest BCUT2D eigenvalue weighted by Crippen LogP contribution is 2.22. The van der Waals surface area contributed by atoms with Crippen molar-refractivity contribution in [1.29, 1.82) is 0 Å². The van der Waals surface area contributed by atoms with Crippen LogP contribution in [0.4, 0.5) is 10.1 Å². The van der Waals surface area contributed by atoms with Gasteiger partial charge in [-0.1, -0.05) is 18.7 Å².